The standard InChI is InChI=1S/C31H33NO5/c1-18-8-9-19(2)24(16-18)32-27(20-10-13-22(36-6)14-11-20)26(29(34)30(32)35)28(33)23-17-21(31(3,4)5)12-15-25(23)37-7/h8-17,27,33H,1-7H3/b28-26+. The molecule has 0 saturated carbocycles. The van der Waals surface area contributed by atoms with Crippen molar-refractivity contribution in [3.05, 3.63) is 94.1 Å². The monoisotopic (exact) mass is 499 g/mol. The Morgan fingerprint density at radius 2 is 1.57 bits per heavy atom. The molecule has 1 aliphatic rings. The van der Waals surface area contributed by atoms with E-state index in [0.29, 0.717) is 28.3 Å². The van der Waals surface area contributed by atoms with E-state index in [1.807, 2.05) is 56.3 Å². The van der Waals surface area contributed by atoms with E-state index in [9.17, 15) is 14.7 Å². The molecule has 37 heavy (non-hydrogen) atoms. The van der Waals surface area contributed by atoms with Gasteiger partial charge in [-0.3, -0.25) is 14.5 Å². The van der Waals surface area contributed by atoms with Gasteiger partial charge < -0.3 is 14.6 Å². The number of ketones is 1. The average molecular weight is 500 g/mol. The lowest BCUT2D eigenvalue weighted by Gasteiger charge is -2.27. The first-order valence-corrected chi connectivity index (χ1v) is 12.2. The molecule has 0 aliphatic carbocycles. The van der Waals surface area contributed by atoms with Crippen LogP contribution in [0, 0.1) is 13.8 Å². The fraction of sp³-hybridized carbons (Fsp3) is 0.290. The van der Waals surface area contributed by atoms with Crippen molar-refractivity contribution in [3.8, 4) is 11.5 Å². The fourth-order valence-corrected chi connectivity index (χ4v) is 4.67. The number of methoxy groups -OCH3 is 2. The second-order valence-electron chi connectivity index (χ2n) is 10.4. The smallest absolute Gasteiger partial charge is 0.300 e. The number of benzene rings is 3. The Hall–Kier alpha value is -4.06. The molecule has 0 aromatic heterocycles. The molecule has 3 aromatic rings. The van der Waals surface area contributed by atoms with Gasteiger partial charge in [0.2, 0.25) is 0 Å². The first-order chi connectivity index (χ1) is 17.5. The number of carbonyl (C=O) groups excluding carboxylic acids is 2. The van der Waals surface area contributed by atoms with Crippen molar-refractivity contribution in [2.75, 3.05) is 19.1 Å². The molecule has 0 bridgehead atoms. The van der Waals surface area contributed by atoms with Crippen LogP contribution in [0.1, 0.15) is 54.6 Å². The maximum absolute atomic E-state index is 13.6. The quantitative estimate of drug-likeness (QED) is 0.255. The van der Waals surface area contributed by atoms with Crippen LogP contribution in [0.5, 0.6) is 11.5 Å². The van der Waals surface area contributed by atoms with Gasteiger partial charge in [-0.1, -0.05) is 51.1 Å². The molecule has 1 saturated heterocycles. The van der Waals surface area contributed by atoms with Crippen molar-refractivity contribution in [1.29, 1.82) is 0 Å². The Balaban J connectivity index is 2.02. The highest BCUT2D eigenvalue weighted by molar-refractivity contribution is 6.51. The number of nitrogens with zero attached hydrogens (tertiary/aromatic N) is 1. The number of ether oxygens (including phenoxy) is 2. The summed E-state index contributed by atoms with van der Waals surface area (Å²) in [6.45, 7) is 10.0. The summed E-state index contributed by atoms with van der Waals surface area (Å²) in [5.41, 5.74) is 4.23. The van der Waals surface area contributed by atoms with Gasteiger partial charge in [0.15, 0.2) is 0 Å². The zero-order valence-electron chi connectivity index (χ0n) is 22.4. The molecular weight excluding hydrogens is 466 g/mol. The number of anilines is 1. The Kier molecular flexibility index (Phi) is 6.87. The molecule has 3 aromatic carbocycles. The number of aliphatic hydroxyl groups is 1. The van der Waals surface area contributed by atoms with Crippen LogP contribution >= 0.6 is 0 Å². The van der Waals surface area contributed by atoms with Gasteiger partial charge in [-0.25, -0.2) is 0 Å². The number of hydrogen-bond donors (Lipinski definition) is 1. The summed E-state index contributed by atoms with van der Waals surface area (Å²) in [4.78, 5) is 28.7. The predicted molar refractivity (Wildman–Crippen MR) is 145 cm³/mol. The molecule has 1 heterocycles. The summed E-state index contributed by atoms with van der Waals surface area (Å²) in [6, 6.07) is 17.6. The highest BCUT2D eigenvalue weighted by Crippen LogP contribution is 2.45. The van der Waals surface area contributed by atoms with Crippen molar-refractivity contribution in [2.24, 2.45) is 0 Å². The van der Waals surface area contributed by atoms with Crippen LogP contribution in [0.2, 0.25) is 0 Å². The van der Waals surface area contributed by atoms with Crippen molar-refractivity contribution in [1.82, 2.24) is 0 Å². The molecule has 192 valence electrons. The summed E-state index contributed by atoms with van der Waals surface area (Å²) < 4.78 is 10.9. The second kappa shape index (κ2) is 9.77. The van der Waals surface area contributed by atoms with E-state index in [2.05, 4.69) is 20.8 Å². The van der Waals surface area contributed by atoms with Crippen LogP contribution in [-0.2, 0) is 15.0 Å². The maximum atomic E-state index is 13.6. The minimum absolute atomic E-state index is 0.0143. The molecule has 1 amide bonds. The van der Waals surface area contributed by atoms with Crippen LogP contribution in [0.25, 0.3) is 5.76 Å². The first-order valence-electron chi connectivity index (χ1n) is 12.2. The SMILES string of the molecule is COc1ccc(C2/C(=C(\O)c3cc(C(C)(C)C)ccc3OC)C(=O)C(=O)N2c2cc(C)ccc2C)cc1. The summed E-state index contributed by atoms with van der Waals surface area (Å²) in [6.07, 6.45) is 0. The molecule has 0 spiro atoms. The molecule has 4 rings (SSSR count). The Bertz CT molecular complexity index is 1400. The van der Waals surface area contributed by atoms with Crippen LogP contribution in [0.3, 0.4) is 0 Å². The predicted octanol–water partition coefficient (Wildman–Crippen LogP) is 6.24. The molecule has 6 nitrogen and oxygen atoms in total. The van der Waals surface area contributed by atoms with Gasteiger partial charge in [0.05, 0.1) is 31.4 Å². The van der Waals surface area contributed by atoms with Crippen molar-refractivity contribution < 1.29 is 24.2 Å². The molecular formula is C31H33NO5. The number of aliphatic hydroxyl groups excluding tert-OH is 1. The average Bonchev–Trinajstić information content (AvgIpc) is 3.14. The lowest BCUT2D eigenvalue weighted by molar-refractivity contribution is -0.132. The van der Waals surface area contributed by atoms with Crippen LogP contribution < -0.4 is 14.4 Å². The Morgan fingerprint density at radius 3 is 2.16 bits per heavy atom. The van der Waals surface area contributed by atoms with Crippen LogP contribution in [0.15, 0.2) is 66.2 Å². The number of rotatable bonds is 5. The van der Waals surface area contributed by atoms with E-state index in [4.69, 9.17) is 9.47 Å². The van der Waals surface area contributed by atoms with Crippen LogP contribution in [0.4, 0.5) is 5.69 Å². The highest BCUT2D eigenvalue weighted by atomic mass is 16.5. The largest absolute Gasteiger partial charge is 0.507 e. The molecule has 1 atom stereocenters. The zero-order chi connectivity index (χ0) is 27.1. The van der Waals surface area contributed by atoms with E-state index < -0.39 is 17.7 Å². The third kappa shape index (κ3) is 4.71. The maximum Gasteiger partial charge on any atom is 0.300 e. The van der Waals surface area contributed by atoms with E-state index in [1.165, 1.54) is 12.0 Å². The van der Waals surface area contributed by atoms with Crippen molar-refractivity contribution in [2.45, 2.75) is 46.1 Å². The minimum atomic E-state index is -0.839. The number of amides is 1. The third-order valence-electron chi connectivity index (χ3n) is 6.82. The topological polar surface area (TPSA) is 76.1 Å². The van der Waals surface area contributed by atoms with Gasteiger partial charge in [0.25, 0.3) is 11.7 Å². The van der Waals surface area contributed by atoms with E-state index in [-0.39, 0.29) is 16.7 Å². The molecule has 0 radical (unpaired) electrons. The summed E-state index contributed by atoms with van der Waals surface area (Å²) in [7, 11) is 3.09. The lowest BCUT2D eigenvalue weighted by atomic mass is 9.85. The minimum Gasteiger partial charge on any atom is -0.507 e. The summed E-state index contributed by atoms with van der Waals surface area (Å²) >= 11 is 0. The number of hydrogen-bond acceptors (Lipinski definition) is 5. The van der Waals surface area contributed by atoms with Gasteiger partial charge >= 0.3 is 0 Å². The number of Topliss-reactive ketones (excluding diaryl/α,β-unsaturated/α-hetero) is 1. The van der Waals surface area contributed by atoms with Crippen LogP contribution in [-0.4, -0.2) is 31.0 Å². The Morgan fingerprint density at radius 1 is 0.892 bits per heavy atom. The Labute approximate surface area is 218 Å². The normalized spacial score (nSPS) is 17.3. The lowest BCUT2D eigenvalue weighted by Crippen LogP contribution is -2.30. The molecule has 1 aliphatic heterocycles. The molecule has 6 heteroatoms. The molecule has 1 fully saturated rings. The zero-order valence-corrected chi connectivity index (χ0v) is 22.4. The van der Waals surface area contributed by atoms with E-state index >= 15 is 0 Å². The van der Waals surface area contributed by atoms with Gasteiger partial charge in [-0.2, -0.15) is 0 Å². The van der Waals surface area contributed by atoms with Crippen molar-refractivity contribution in [3.63, 3.8) is 0 Å². The summed E-state index contributed by atoms with van der Waals surface area (Å²) in [5, 5.41) is 11.7. The number of carbonyl (C=O) groups is 2. The van der Waals surface area contributed by atoms with Gasteiger partial charge in [0, 0.05) is 5.69 Å². The third-order valence-corrected chi connectivity index (χ3v) is 6.82. The molecule has 1 N–H and O–H groups in total. The molecule has 1 unspecified atom stereocenters. The fourth-order valence-electron chi connectivity index (χ4n) is 4.67. The van der Waals surface area contributed by atoms with E-state index in [1.54, 1.807) is 25.3 Å². The highest BCUT2D eigenvalue weighted by Gasteiger charge is 2.47. The first kappa shape index (κ1) is 26.0. The summed E-state index contributed by atoms with van der Waals surface area (Å²) in [5.74, 6) is -0.650. The number of aryl methyl sites for hydroxylation is 2. The van der Waals surface area contributed by atoms with Gasteiger partial charge in [0.1, 0.15) is 17.3 Å². The van der Waals surface area contributed by atoms with Crippen molar-refractivity contribution >= 4 is 23.1 Å². The van der Waals surface area contributed by atoms with E-state index in [0.717, 1.165) is 16.7 Å². The second-order valence-corrected chi connectivity index (χ2v) is 10.4. The van der Waals surface area contributed by atoms with Gasteiger partial charge in [-0.05, 0) is 71.8 Å². The van der Waals surface area contributed by atoms with Gasteiger partial charge in [-0.15, -0.1) is 0 Å².